The molecule has 0 bridgehead atoms. The summed E-state index contributed by atoms with van der Waals surface area (Å²) in [7, 11) is 0. The summed E-state index contributed by atoms with van der Waals surface area (Å²) in [4.78, 5) is 5.25. The Labute approximate surface area is 67.6 Å². The van der Waals surface area contributed by atoms with E-state index in [9.17, 15) is 0 Å². The molecule has 0 aromatic rings. The molecule has 0 heterocycles. The van der Waals surface area contributed by atoms with Crippen molar-refractivity contribution in [2.75, 3.05) is 6.54 Å². The third kappa shape index (κ3) is 4.62. The van der Waals surface area contributed by atoms with Crippen LogP contribution in [-0.2, 0) is 0 Å². The van der Waals surface area contributed by atoms with E-state index >= 15 is 0 Å². The van der Waals surface area contributed by atoms with Crippen molar-refractivity contribution >= 4 is 17.3 Å². The quantitative estimate of drug-likeness (QED) is 0.451. The van der Waals surface area contributed by atoms with Crippen LogP contribution in [0.5, 0.6) is 0 Å². The minimum atomic E-state index is 0.549. The number of hydrogen-bond acceptors (Lipinski definition) is 2. The van der Waals surface area contributed by atoms with Crippen molar-refractivity contribution in [2.45, 2.75) is 20.8 Å². The number of allylic oxidation sites excluding steroid dienone is 1. The molecule has 0 aliphatic rings. The molecule has 0 aliphatic carbocycles. The molecule has 0 amide bonds. The van der Waals surface area contributed by atoms with Crippen molar-refractivity contribution in [3.8, 4) is 0 Å². The summed E-state index contributed by atoms with van der Waals surface area (Å²) in [6.45, 7) is 11.0. The Morgan fingerprint density at radius 1 is 1.70 bits per heavy atom. The molecule has 1 nitrogen and oxygen atoms in total. The fourth-order valence-electron chi connectivity index (χ4n) is 0.316. The Balaban J connectivity index is 3.49. The number of rotatable bonds is 4. The zero-order valence-electron chi connectivity index (χ0n) is 6.92. The van der Waals surface area contributed by atoms with Crippen LogP contribution in [0.3, 0.4) is 0 Å². The van der Waals surface area contributed by atoms with Crippen molar-refractivity contribution in [2.24, 2.45) is 10.9 Å². The van der Waals surface area contributed by atoms with Gasteiger partial charge in [-0.2, -0.15) is 0 Å². The highest BCUT2D eigenvalue weighted by Gasteiger charge is 1.96. The molecule has 0 spiro atoms. The average Bonchev–Trinajstić information content (AvgIpc) is 1.88. The molecule has 0 aromatic carbocycles. The molecule has 0 saturated heterocycles. The molecule has 0 rings (SSSR count). The van der Waals surface area contributed by atoms with Crippen LogP contribution in [0.1, 0.15) is 20.8 Å². The molecule has 0 unspecified atom stereocenters. The first-order valence-electron chi connectivity index (χ1n) is 3.52. The number of nitrogens with zero attached hydrogens (tertiary/aromatic N) is 1. The van der Waals surface area contributed by atoms with E-state index in [0.29, 0.717) is 5.92 Å². The highest BCUT2D eigenvalue weighted by Crippen LogP contribution is 2.18. The molecule has 0 aromatic heterocycles. The predicted octanol–water partition coefficient (Wildman–Crippen LogP) is 2.94. The van der Waals surface area contributed by atoms with E-state index in [1.54, 1.807) is 11.8 Å². The molecule has 58 valence electrons. The van der Waals surface area contributed by atoms with Gasteiger partial charge in [-0.3, -0.25) is 4.99 Å². The van der Waals surface area contributed by atoms with Crippen LogP contribution < -0.4 is 0 Å². The monoisotopic (exact) mass is 157 g/mol. The van der Waals surface area contributed by atoms with Crippen LogP contribution in [0, 0.1) is 5.92 Å². The van der Waals surface area contributed by atoms with E-state index in [2.05, 4.69) is 25.4 Å². The summed E-state index contributed by atoms with van der Waals surface area (Å²) in [5.74, 6) is 0.549. The van der Waals surface area contributed by atoms with E-state index in [0.717, 1.165) is 6.54 Å². The molecule has 0 radical (unpaired) electrons. The Hall–Kier alpha value is -0.240. The fourth-order valence-corrected chi connectivity index (χ4v) is 0.947. The number of aliphatic imine (C=N–C) groups is 1. The van der Waals surface area contributed by atoms with E-state index in [4.69, 9.17) is 0 Å². The minimum Gasteiger partial charge on any atom is -0.286 e. The maximum Gasteiger partial charge on any atom is 0.0585 e. The topological polar surface area (TPSA) is 12.4 Å². The van der Waals surface area contributed by atoms with Gasteiger partial charge in [-0.05, 0) is 17.7 Å². The summed E-state index contributed by atoms with van der Waals surface area (Å²) in [6.07, 6.45) is 0. The second kappa shape index (κ2) is 5.54. The summed E-state index contributed by atoms with van der Waals surface area (Å²) in [5, 5.41) is 0. The molecule has 0 fully saturated rings. The Kier molecular flexibility index (Phi) is 5.40. The predicted molar refractivity (Wildman–Crippen MR) is 50.6 cm³/mol. The molecule has 0 saturated carbocycles. The van der Waals surface area contributed by atoms with Crippen LogP contribution >= 0.6 is 11.8 Å². The van der Waals surface area contributed by atoms with E-state index in [1.165, 1.54) is 4.91 Å². The van der Waals surface area contributed by atoms with Gasteiger partial charge in [-0.15, -0.1) is 0 Å². The largest absolute Gasteiger partial charge is 0.286 e. The van der Waals surface area contributed by atoms with Crippen LogP contribution in [0.2, 0.25) is 0 Å². The lowest BCUT2D eigenvalue weighted by Crippen LogP contribution is -1.86. The van der Waals surface area contributed by atoms with Gasteiger partial charge >= 0.3 is 0 Å². The summed E-state index contributed by atoms with van der Waals surface area (Å²) in [6, 6.07) is 0. The minimum absolute atomic E-state index is 0.549. The van der Waals surface area contributed by atoms with Gasteiger partial charge in [0.1, 0.15) is 0 Å². The maximum atomic E-state index is 4.07. The second-order valence-electron chi connectivity index (χ2n) is 2.34. The zero-order valence-corrected chi connectivity index (χ0v) is 7.74. The molecular weight excluding hydrogens is 142 g/mol. The Bertz CT molecular complexity index is 127. The van der Waals surface area contributed by atoms with Gasteiger partial charge in [0.2, 0.25) is 0 Å². The van der Waals surface area contributed by atoms with E-state index in [-0.39, 0.29) is 0 Å². The van der Waals surface area contributed by atoms with Crippen molar-refractivity contribution in [3.05, 3.63) is 11.5 Å². The molecule has 10 heavy (non-hydrogen) atoms. The standard InChI is InChI=1S/C8H15NS/c1-5-9-6-10-8(4)7(2)3/h6-7H,4-5H2,1-3H3/b9-6-. The van der Waals surface area contributed by atoms with Crippen molar-refractivity contribution in [3.63, 3.8) is 0 Å². The lowest BCUT2D eigenvalue weighted by Gasteiger charge is -2.03. The van der Waals surface area contributed by atoms with Crippen LogP contribution in [-0.4, -0.2) is 12.1 Å². The third-order valence-corrected chi connectivity index (χ3v) is 2.13. The van der Waals surface area contributed by atoms with Crippen LogP contribution in [0.4, 0.5) is 0 Å². The van der Waals surface area contributed by atoms with Gasteiger partial charge in [0, 0.05) is 6.54 Å². The molecule has 0 N–H and O–H groups in total. The summed E-state index contributed by atoms with van der Waals surface area (Å²) in [5.41, 5.74) is 1.86. The van der Waals surface area contributed by atoms with Gasteiger partial charge in [-0.1, -0.05) is 32.2 Å². The third-order valence-electron chi connectivity index (χ3n) is 1.11. The van der Waals surface area contributed by atoms with E-state index < -0.39 is 0 Å². The van der Waals surface area contributed by atoms with Gasteiger partial charge < -0.3 is 0 Å². The first kappa shape index (κ1) is 9.76. The smallest absolute Gasteiger partial charge is 0.0585 e. The van der Waals surface area contributed by atoms with Gasteiger partial charge in [0.15, 0.2) is 0 Å². The van der Waals surface area contributed by atoms with Crippen molar-refractivity contribution in [1.82, 2.24) is 0 Å². The highest BCUT2D eigenvalue weighted by atomic mass is 32.2. The Morgan fingerprint density at radius 3 is 2.70 bits per heavy atom. The molecular formula is C8H15NS. The molecule has 2 heteroatoms. The van der Waals surface area contributed by atoms with Gasteiger partial charge in [-0.25, -0.2) is 0 Å². The molecule has 0 atom stereocenters. The number of hydrogen-bond donors (Lipinski definition) is 0. The maximum absolute atomic E-state index is 4.07. The second-order valence-corrected chi connectivity index (χ2v) is 3.31. The van der Waals surface area contributed by atoms with Crippen molar-refractivity contribution in [1.29, 1.82) is 0 Å². The first-order valence-corrected chi connectivity index (χ1v) is 4.40. The highest BCUT2D eigenvalue weighted by molar-refractivity contribution is 8.15. The number of thioether (sulfide) groups is 1. The molecule has 0 aliphatic heterocycles. The normalized spacial score (nSPS) is 11.2. The first-order chi connectivity index (χ1) is 4.68. The summed E-state index contributed by atoms with van der Waals surface area (Å²) < 4.78 is 0. The van der Waals surface area contributed by atoms with Gasteiger partial charge in [0.05, 0.1) is 5.55 Å². The zero-order chi connectivity index (χ0) is 7.98. The fraction of sp³-hybridized carbons (Fsp3) is 0.625. The van der Waals surface area contributed by atoms with E-state index in [1.807, 2.05) is 12.5 Å². The average molecular weight is 157 g/mol. The SMILES string of the molecule is C=C(S/C=N\CC)C(C)C. The summed E-state index contributed by atoms with van der Waals surface area (Å²) >= 11 is 1.62. The van der Waals surface area contributed by atoms with Crippen LogP contribution in [0.15, 0.2) is 16.5 Å². The van der Waals surface area contributed by atoms with Gasteiger partial charge in [0.25, 0.3) is 0 Å². The van der Waals surface area contributed by atoms with Crippen molar-refractivity contribution < 1.29 is 0 Å². The Morgan fingerprint density at radius 2 is 2.30 bits per heavy atom. The van der Waals surface area contributed by atoms with Crippen LogP contribution in [0.25, 0.3) is 0 Å². The lowest BCUT2D eigenvalue weighted by molar-refractivity contribution is 0.821. The lowest BCUT2D eigenvalue weighted by atomic mass is 10.2.